The molecule has 0 radical (unpaired) electrons. The summed E-state index contributed by atoms with van der Waals surface area (Å²) in [6, 6.07) is -0.120. The van der Waals surface area contributed by atoms with Crippen LogP contribution in [0.15, 0.2) is 0 Å². The summed E-state index contributed by atoms with van der Waals surface area (Å²) in [7, 11) is 0. The molecule has 3 fully saturated rings. The number of carbonyl (C=O) groups is 2. The molecule has 3 aliphatic rings. The fraction of sp³-hybridized carbons (Fsp3) is 0.867. The van der Waals surface area contributed by atoms with Crippen LogP contribution in [0.4, 0.5) is 0 Å². The summed E-state index contributed by atoms with van der Waals surface area (Å²) in [6.07, 6.45) is 7.56. The van der Waals surface area contributed by atoms with Crippen LogP contribution in [-0.4, -0.2) is 47.1 Å². The fourth-order valence-corrected chi connectivity index (χ4v) is 3.41. The van der Waals surface area contributed by atoms with Crippen molar-refractivity contribution < 1.29 is 14.7 Å². The number of rotatable bonds is 6. The van der Waals surface area contributed by atoms with Crippen molar-refractivity contribution in [1.29, 1.82) is 0 Å². The van der Waals surface area contributed by atoms with Gasteiger partial charge in [0.2, 0.25) is 5.91 Å². The van der Waals surface area contributed by atoms with Gasteiger partial charge in [-0.15, -0.1) is 12.4 Å². The summed E-state index contributed by atoms with van der Waals surface area (Å²) in [5.41, 5.74) is 0. The molecule has 0 spiro atoms. The maximum Gasteiger partial charge on any atom is 0.320 e. The van der Waals surface area contributed by atoms with Crippen molar-refractivity contribution in [2.75, 3.05) is 13.1 Å². The van der Waals surface area contributed by atoms with Crippen LogP contribution < -0.4 is 5.32 Å². The summed E-state index contributed by atoms with van der Waals surface area (Å²) in [5.74, 6) is 0.589. The van der Waals surface area contributed by atoms with E-state index in [4.69, 9.17) is 0 Å². The Morgan fingerprint density at radius 2 is 1.71 bits per heavy atom. The average molecular weight is 317 g/mol. The molecule has 2 N–H and O–H groups in total. The highest BCUT2D eigenvalue weighted by Crippen LogP contribution is 2.44. The predicted molar refractivity (Wildman–Crippen MR) is 81.5 cm³/mol. The number of carboxylic acid groups (broad SMARTS) is 1. The molecule has 2 saturated carbocycles. The molecule has 0 aromatic heterocycles. The number of aliphatic carboxylic acids is 1. The van der Waals surface area contributed by atoms with E-state index in [1.165, 1.54) is 25.7 Å². The molecule has 0 bridgehead atoms. The van der Waals surface area contributed by atoms with Crippen molar-refractivity contribution in [3.05, 3.63) is 0 Å². The smallest absolute Gasteiger partial charge is 0.320 e. The van der Waals surface area contributed by atoms with Crippen LogP contribution in [0.2, 0.25) is 0 Å². The topological polar surface area (TPSA) is 69.6 Å². The number of nitrogens with one attached hydrogen (secondary N) is 1. The van der Waals surface area contributed by atoms with E-state index < -0.39 is 12.0 Å². The minimum atomic E-state index is -0.793. The lowest BCUT2D eigenvalue weighted by atomic mass is 10.0. The van der Waals surface area contributed by atoms with E-state index in [0.717, 1.165) is 19.4 Å². The molecular weight excluding hydrogens is 292 g/mol. The molecule has 2 aliphatic carbocycles. The van der Waals surface area contributed by atoms with Crippen LogP contribution in [0.1, 0.15) is 44.9 Å². The first-order valence-corrected chi connectivity index (χ1v) is 7.91. The summed E-state index contributed by atoms with van der Waals surface area (Å²) >= 11 is 0. The molecular formula is C15H25ClN2O3. The number of carbonyl (C=O) groups excluding carboxylic acids is 1. The van der Waals surface area contributed by atoms with Crippen LogP contribution in [0, 0.1) is 11.8 Å². The fourth-order valence-electron chi connectivity index (χ4n) is 3.41. The van der Waals surface area contributed by atoms with Gasteiger partial charge < -0.3 is 10.4 Å². The molecule has 0 aromatic rings. The lowest BCUT2D eigenvalue weighted by Gasteiger charge is -2.32. The van der Waals surface area contributed by atoms with Crippen molar-refractivity contribution in [3.63, 3.8) is 0 Å². The molecule has 3 rings (SSSR count). The van der Waals surface area contributed by atoms with Gasteiger partial charge in [-0.05, 0) is 56.9 Å². The number of hydrogen-bond donors (Lipinski definition) is 2. The molecule has 1 aliphatic heterocycles. The third-order valence-electron chi connectivity index (χ3n) is 4.83. The molecule has 1 atom stereocenters. The van der Waals surface area contributed by atoms with Gasteiger partial charge in [0, 0.05) is 6.04 Å². The first-order chi connectivity index (χ1) is 9.65. The largest absolute Gasteiger partial charge is 0.480 e. The first-order valence-electron chi connectivity index (χ1n) is 7.91. The number of halogens is 1. The van der Waals surface area contributed by atoms with Crippen molar-refractivity contribution in [2.24, 2.45) is 11.8 Å². The molecule has 1 unspecified atom stereocenters. The SMILES string of the molecule is Cl.O=C(CN1CCCCC1C(=O)O)NC(C1CC1)C1CC1. The third kappa shape index (κ3) is 4.33. The summed E-state index contributed by atoms with van der Waals surface area (Å²) in [4.78, 5) is 25.3. The van der Waals surface area contributed by atoms with Gasteiger partial charge in [0.25, 0.3) is 0 Å². The lowest BCUT2D eigenvalue weighted by molar-refractivity contribution is -0.145. The van der Waals surface area contributed by atoms with Crippen molar-refractivity contribution >= 4 is 24.3 Å². The highest BCUT2D eigenvalue weighted by Gasteiger charge is 2.42. The number of hydrogen-bond acceptors (Lipinski definition) is 3. The van der Waals surface area contributed by atoms with E-state index in [1.54, 1.807) is 0 Å². The molecule has 1 heterocycles. The maximum atomic E-state index is 12.2. The molecule has 21 heavy (non-hydrogen) atoms. The molecule has 120 valence electrons. The van der Waals surface area contributed by atoms with Gasteiger partial charge >= 0.3 is 5.97 Å². The van der Waals surface area contributed by atoms with Gasteiger partial charge in [-0.2, -0.15) is 0 Å². The molecule has 5 nitrogen and oxygen atoms in total. The van der Waals surface area contributed by atoms with Crippen LogP contribution >= 0.6 is 12.4 Å². The number of likely N-dealkylation sites (tertiary alicyclic amines) is 1. The zero-order valence-corrected chi connectivity index (χ0v) is 13.1. The highest BCUT2D eigenvalue weighted by atomic mass is 35.5. The molecule has 6 heteroatoms. The summed E-state index contributed by atoms with van der Waals surface area (Å²) < 4.78 is 0. The average Bonchev–Trinajstić information content (AvgIpc) is 3.28. The van der Waals surface area contributed by atoms with Gasteiger partial charge in [0.1, 0.15) is 6.04 Å². The van der Waals surface area contributed by atoms with Gasteiger partial charge in [0.15, 0.2) is 0 Å². The van der Waals surface area contributed by atoms with Crippen LogP contribution in [0.5, 0.6) is 0 Å². The van der Waals surface area contributed by atoms with E-state index in [2.05, 4.69) is 5.32 Å². The second-order valence-corrected chi connectivity index (χ2v) is 6.59. The number of carboxylic acids is 1. The van der Waals surface area contributed by atoms with Crippen molar-refractivity contribution in [1.82, 2.24) is 10.2 Å². The minimum absolute atomic E-state index is 0. The lowest BCUT2D eigenvalue weighted by Crippen LogP contribution is -2.51. The quantitative estimate of drug-likeness (QED) is 0.782. The second kappa shape index (κ2) is 6.97. The number of amides is 1. The van der Waals surface area contributed by atoms with E-state index in [9.17, 15) is 14.7 Å². The Morgan fingerprint density at radius 3 is 2.24 bits per heavy atom. The van der Waals surface area contributed by atoms with Crippen LogP contribution in [0.25, 0.3) is 0 Å². The van der Waals surface area contributed by atoms with E-state index in [-0.39, 0.29) is 24.9 Å². The van der Waals surface area contributed by atoms with Crippen LogP contribution in [-0.2, 0) is 9.59 Å². The highest BCUT2D eigenvalue weighted by molar-refractivity contribution is 5.85. The Hall–Kier alpha value is -0.810. The Morgan fingerprint density at radius 1 is 1.10 bits per heavy atom. The zero-order chi connectivity index (χ0) is 14.1. The summed E-state index contributed by atoms with van der Waals surface area (Å²) in [6.45, 7) is 0.967. The number of nitrogens with zero attached hydrogens (tertiary/aromatic N) is 1. The predicted octanol–water partition coefficient (Wildman–Crippen LogP) is 1.65. The minimum Gasteiger partial charge on any atom is -0.480 e. The Kier molecular flexibility index (Phi) is 5.49. The Bertz CT molecular complexity index is 384. The van der Waals surface area contributed by atoms with Gasteiger partial charge in [0.05, 0.1) is 6.54 Å². The van der Waals surface area contributed by atoms with Crippen LogP contribution in [0.3, 0.4) is 0 Å². The van der Waals surface area contributed by atoms with Crippen molar-refractivity contribution in [2.45, 2.75) is 57.0 Å². The zero-order valence-electron chi connectivity index (χ0n) is 12.3. The monoisotopic (exact) mass is 316 g/mol. The summed E-state index contributed by atoms with van der Waals surface area (Å²) in [5, 5.41) is 12.4. The third-order valence-corrected chi connectivity index (χ3v) is 4.83. The van der Waals surface area contributed by atoms with E-state index in [0.29, 0.717) is 24.3 Å². The van der Waals surface area contributed by atoms with E-state index in [1.807, 2.05) is 4.90 Å². The number of piperidine rings is 1. The standard InChI is InChI=1S/C15H24N2O3.ClH/c18-13(16-14(10-4-5-10)11-6-7-11)9-17-8-2-1-3-12(17)15(19)20;/h10-12,14H,1-9H2,(H,16,18)(H,19,20);1H. The van der Waals surface area contributed by atoms with Crippen molar-refractivity contribution in [3.8, 4) is 0 Å². The Balaban J connectivity index is 0.00000161. The second-order valence-electron chi connectivity index (χ2n) is 6.59. The van der Waals surface area contributed by atoms with E-state index >= 15 is 0 Å². The normalized spacial score (nSPS) is 26.2. The molecule has 0 aromatic carbocycles. The molecule has 1 saturated heterocycles. The van der Waals surface area contributed by atoms with Gasteiger partial charge in [-0.3, -0.25) is 14.5 Å². The molecule has 1 amide bonds. The van der Waals surface area contributed by atoms with Gasteiger partial charge in [-0.25, -0.2) is 0 Å². The van der Waals surface area contributed by atoms with Gasteiger partial charge in [-0.1, -0.05) is 6.42 Å². The maximum absolute atomic E-state index is 12.2. The Labute approximate surface area is 131 Å². The first kappa shape index (κ1) is 16.6.